The largest absolute Gasteiger partial charge is 0.419 e. The molecule has 0 aromatic carbocycles. The Morgan fingerprint density at radius 3 is 2.31 bits per heavy atom. The maximum Gasteiger partial charge on any atom is 0.419 e. The summed E-state index contributed by atoms with van der Waals surface area (Å²) in [4.78, 5) is 2.97. The molecule has 0 aliphatic rings. The maximum absolute atomic E-state index is 12.3. The number of aliphatic hydroxyl groups excluding tert-OH is 1. The maximum atomic E-state index is 12.3. The zero-order chi connectivity index (χ0) is 12.5. The van der Waals surface area contributed by atoms with E-state index in [-0.39, 0.29) is 6.20 Å². The highest BCUT2D eigenvalue weighted by molar-refractivity contribution is 5.55. The van der Waals surface area contributed by atoms with Crippen LogP contribution in [0.2, 0.25) is 0 Å². The standard InChI is InChI=1S/C8H7F5N2O/c9-7(10)6-3(2-16)5(14)4(1-15-6)8(11,12)13/h1,7,16H,2H2,(H2,14,15). The van der Waals surface area contributed by atoms with Crippen LogP contribution in [0.5, 0.6) is 0 Å². The number of halogens is 5. The molecule has 0 unspecified atom stereocenters. The molecule has 3 N–H and O–H groups in total. The van der Waals surface area contributed by atoms with Gasteiger partial charge in [-0.1, -0.05) is 0 Å². The van der Waals surface area contributed by atoms with Gasteiger partial charge in [0.05, 0.1) is 17.9 Å². The molecule has 0 saturated heterocycles. The zero-order valence-corrected chi connectivity index (χ0v) is 7.72. The SMILES string of the molecule is Nc1c(C(F)(F)F)cnc(C(F)F)c1CO. The Balaban J connectivity index is 3.41. The van der Waals surface area contributed by atoms with Crippen molar-refractivity contribution >= 4 is 5.69 Å². The summed E-state index contributed by atoms with van der Waals surface area (Å²) in [6.45, 7) is -1.03. The summed E-state index contributed by atoms with van der Waals surface area (Å²) < 4.78 is 61.6. The van der Waals surface area contributed by atoms with E-state index in [4.69, 9.17) is 10.8 Å². The first kappa shape index (κ1) is 12.6. The molecule has 3 nitrogen and oxygen atoms in total. The average Bonchev–Trinajstić information content (AvgIpc) is 2.14. The fraction of sp³-hybridized carbons (Fsp3) is 0.375. The number of anilines is 1. The van der Waals surface area contributed by atoms with Crippen molar-refractivity contribution in [2.75, 3.05) is 5.73 Å². The number of nitrogens with zero attached hydrogens (tertiary/aromatic N) is 1. The van der Waals surface area contributed by atoms with Crippen LogP contribution in [0.1, 0.15) is 23.2 Å². The summed E-state index contributed by atoms with van der Waals surface area (Å²) >= 11 is 0. The number of nitrogens with two attached hydrogens (primary N) is 1. The Hall–Kier alpha value is -1.44. The lowest BCUT2D eigenvalue weighted by atomic mass is 10.1. The van der Waals surface area contributed by atoms with E-state index < -0.39 is 41.7 Å². The Labute approximate surface area is 86.7 Å². The second-order valence-corrected chi connectivity index (χ2v) is 2.91. The topological polar surface area (TPSA) is 59.1 Å². The second kappa shape index (κ2) is 4.20. The lowest BCUT2D eigenvalue weighted by molar-refractivity contribution is -0.137. The van der Waals surface area contributed by atoms with E-state index in [1.54, 1.807) is 0 Å². The van der Waals surface area contributed by atoms with Gasteiger partial charge in [0, 0.05) is 11.8 Å². The first-order chi connectivity index (χ1) is 7.29. The number of hydrogen-bond acceptors (Lipinski definition) is 3. The Kier molecular flexibility index (Phi) is 3.32. The van der Waals surface area contributed by atoms with Gasteiger partial charge in [0.2, 0.25) is 0 Å². The quantitative estimate of drug-likeness (QED) is 0.781. The van der Waals surface area contributed by atoms with Crippen molar-refractivity contribution in [1.82, 2.24) is 4.98 Å². The summed E-state index contributed by atoms with van der Waals surface area (Å²) in [5.74, 6) is 0. The highest BCUT2D eigenvalue weighted by Gasteiger charge is 2.35. The summed E-state index contributed by atoms with van der Waals surface area (Å²) in [6, 6.07) is 0. The zero-order valence-electron chi connectivity index (χ0n) is 7.72. The van der Waals surface area contributed by atoms with E-state index in [0.29, 0.717) is 0 Å². The van der Waals surface area contributed by atoms with Crippen LogP contribution in [-0.4, -0.2) is 10.1 Å². The monoisotopic (exact) mass is 242 g/mol. The lowest BCUT2D eigenvalue weighted by Crippen LogP contribution is -2.14. The van der Waals surface area contributed by atoms with Crippen LogP contribution in [-0.2, 0) is 12.8 Å². The average molecular weight is 242 g/mol. The molecule has 1 heterocycles. The van der Waals surface area contributed by atoms with Gasteiger partial charge in [-0.2, -0.15) is 13.2 Å². The van der Waals surface area contributed by atoms with Crippen LogP contribution >= 0.6 is 0 Å². The van der Waals surface area contributed by atoms with Gasteiger partial charge in [0.1, 0.15) is 5.69 Å². The molecule has 0 aliphatic heterocycles. The third kappa shape index (κ3) is 2.21. The molecule has 1 aromatic heterocycles. The van der Waals surface area contributed by atoms with Crippen LogP contribution in [0, 0.1) is 0 Å². The predicted molar refractivity (Wildman–Crippen MR) is 44.5 cm³/mol. The van der Waals surface area contributed by atoms with Crippen molar-refractivity contribution in [3.8, 4) is 0 Å². The minimum atomic E-state index is -4.79. The summed E-state index contributed by atoms with van der Waals surface area (Å²) in [7, 11) is 0. The highest BCUT2D eigenvalue weighted by atomic mass is 19.4. The number of nitrogen functional groups attached to an aromatic ring is 1. The van der Waals surface area contributed by atoms with E-state index in [2.05, 4.69) is 4.98 Å². The number of alkyl halides is 5. The number of aliphatic hydroxyl groups is 1. The molecule has 90 valence electrons. The van der Waals surface area contributed by atoms with Gasteiger partial charge in [-0.3, -0.25) is 4.98 Å². The van der Waals surface area contributed by atoms with Gasteiger partial charge in [0.15, 0.2) is 0 Å². The van der Waals surface area contributed by atoms with Gasteiger partial charge in [0.25, 0.3) is 6.43 Å². The molecule has 0 saturated carbocycles. The second-order valence-electron chi connectivity index (χ2n) is 2.91. The molecule has 0 bridgehead atoms. The fourth-order valence-corrected chi connectivity index (χ4v) is 1.16. The predicted octanol–water partition coefficient (Wildman–Crippen LogP) is 2.11. The third-order valence-corrected chi connectivity index (χ3v) is 1.93. The smallest absolute Gasteiger partial charge is 0.398 e. The van der Waals surface area contributed by atoms with E-state index >= 15 is 0 Å². The van der Waals surface area contributed by atoms with Crippen LogP contribution in [0.15, 0.2) is 6.20 Å². The molecule has 1 rings (SSSR count). The van der Waals surface area contributed by atoms with Crippen molar-refractivity contribution in [1.29, 1.82) is 0 Å². The summed E-state index contributed by atoms with van der Waals surface area (Å²) in [6.07, 6.45) is -7.65. The van der Waals surface area contributed by atoms with Gasteiger partial charge < -0.3 is 10.8 Å². The van der Waals surface area contributed by atoms with Crippen molar-refractivity contribution < 1.29 is 27.1 Å². The van der Waals surface area contributed by atoms with Crippen molar-refractivity contribution in [2.45, 2.75) is 19.2 Å². The molecule has 1 aromatic rings. The van der Waals surface area contributed by atoms with Crippen LogP contribution in [0.4, 0.5) is 27.6 Å². The number of pyridine rings is 1. The summed E-state index contributed by atoms with van der Waals surface area (Å²) in [5, 5.41) is 8.72. The Morgan fingerprint density at radius 1 is 1.38 bits per heavy atom. The van der Waals surface area contributed by atoms with Crippen LogP contribution in [0.25, 0.3) is 0 Å². The van der Waals surface area contributed by atoms with Crippen molar-refractivity contribution in [3.05, 3.63) is 23.0 Å². The van der Waals surface area contributed by atoms with E-state index in [1.807, 2.05) is 0 Å². The number of hydrogen-bond donors (Lipinski definition) is 2. The summed E-state index contributed by atoms with van der Waals surface area (Å²) in [5.41, 5.74) is 1.19. The molecule has 0 aliphatic carbocycles. The number of rotatable bonds is 2. The fourth-order valence-electron chi connectivity index (χ4n) is 1.16. The minimum absolute atomic E-state index is 0.232. The Morgan fingerprint density at radius 2 is 1.94 bits per heavy atom. The van der Waals surface area contributed by atoms with Gasteiger partial charge in [-0.15, -0.1) is 0 Å². The molecule has 0 spiro atoms. The van der Waals surface area contributed by atoms with Gasteiger partial charge >= 0.3 is 6.18 Å². The van der Waals surface area contributed by atoms with Crippen LogP contribution in [0.3, 0.4) is 0 Å². The van der Waals surface area contributed by atoms with Crippen molar-refractivity contribution in [3.63, 3.8) is 0 Å². The molecule has 0 amide bonds. The van der Waals surface area contributed by atoms with Crippen molar-refractivity contribution in [2.24, 2.45) is 0 Å². The Bertz CT molecular complexity index is 391. The third-order valence-electron chi connectivity index (χ3n) is 1.93. The molecular formula is C8H7F5N2O. The molecule has 16 heavy (non-hydrogen) atoms. The van der Waals surface area contributed by atoms with Gasteiger partial charge in [-0.05, 0) is 0 Å². The normalized spacial score (nSPS) is 12.2. The number of aromatic nitrogens is 1. The van der Waals surface area contributed by atoms with Gasteiger partial charge in [-0.25, -0.2) is 8.78 Å². The molecule has 0 fully saturated rings. The first-order valence-electron chi connectivity index (χ1n) is 4.02. The minimum Gasteiger partial charge on any atom is -0.398 e. The molecule has 0 atom stereocenters. The molecule has 0 radical (unpaired) electrons. The molecule has 8 heteroatoms. The lowest BCUT2D eigenvalue weighted by Gasteiger charge is -2.14. The van der Waals surface area contributed by atoms with Crippen LogP contribution < -0.4 is 5.73 Å². The van der Waals surface area contributed by atoms with E-state index in [9.17, 15) is 22.0 Å². The van der Waals surface area contributed by atoms with E-state index in [1.165, 1.54) is 0 Å². The molecular weight excluding hydrogens is 235 g/mol. The first-order valence-corrected chi connectivity index (χ1v) is 4.02. The van der Waals surface area contributed by atoms with E-state index in [0.717, 1.165) is 0 Å². The highest BCUT2D eigenvalue weighted by Crippen LogP contribution is 2.37.